The predicted octanol–water partition coefficient (Wildman–Crippen LogP) is 3.86. The number of nitrogens with one attached hydrogen (secondary N) is 1. The predicted molar refractivity (Wildman–Crippen MR) is 120 cm³/mol. The Kier molecular flexibility index (Phi) is 7.55. The topological polar surface area (TPSA) is 109 Å². The van der Waals surface area contributed by atoms with Crippen molar-refractivity contribution >= 4 is 17.6 Å². The van der Waals surface area contributed by atoms with E-state index in [-0.39, 0.29) is 23.6 Å². The van der Waals surface area contributed by atoms with E-state index < -0.39 is 5.97 Å². The summed E-state index contributed by atoms with van der Waals surface area (Å²) in [6.45, 7) is 4.04. The van der Waals surface area contributed by atoms with E-state index in [2.05, 4.69) is 10.5 Å². The molecular weight excluding hydrogens is 428 g/mol. The Bertz CT molecular complexity index is 1120. The van der Waals surface area contributed by atoms with Gasteiger partial charge in [0.1, 0.15) is 18.1 Å². The molecule has 1 aromatic heterocycles. The Morgan fingerprint density at radius 1 is 1.00 bits per heavy atom. The summed E-state index contributed by atoms with van der Waals surface area (Å²) in [5.74, 6) is 1.19. The third-order valence-corrected chi connectivity index (χ3v) is 5.06. The number of benzene rings is 2. The minimum Gasteiger partial charge on any atom is -0.493 e. The number of amides is 1. The van der Waals surface area contributed by atoms with Gasteiger partial charge in [-0.05, 0) is 31.5 Å². The van der Waals surface area contributed by atoms with Crippen LogP contribution in [0.1, 0.15) is 32.9 Å². The molecule has 3 rings (SSSR count). The van der Waals surface area contributed by atoms with Gasteiger partial charge in [0.15, 0.2) is 11.5 Å². The van der Waals surface area contributed by atoms with Crippen LogP contribution in [0.15, 0.2) is 40.9 Å². The molecule has 0 aliphatic rings. The van der Waals surface area contributed by atoms with Crippen molar-refractivity contribution in [2.24, 2.45) is 0 Å². The third-order valence-electron chi connectivity index (χ3n) is 5.06. The molecule has 2 aromatic carbocycles. The van der Waals surface area contributed by atoms with Gasteiger partial charge in [0.2, 0.25) is 5.91 Å². The van der Waals surface area contributed by atoms with Gasteiger partial charge in [0.05, 0.1) is 50.3 Å². The highest BCUT2D eigenvalue weighted by atomic mass is 16.5. The Hall–Kier alpha value is -4.01. The zero-order valence-corrected chi connectivity index (χ0v) is 19.2. The molecular formula is C24H26N2O7. The number of carbonyl (C=O) groups excluding carboxylic acids is 2. The van der Waals surface area contributed by atoms with Gasteiger partial charge >= 0.3 is 5.97 Å². The van der Waals surface area contributed by atoms with Gasteiger partial charge in [-0.25, -0.2) is 4.79 Å². The molecule has 1 N–H and O–H groups in total. The smallest absolute Gasteiger partial charge is 0.340 e. The second kappa shape index (κ2) is 10.5. The summed E-state index contributed by atoms with van der Waals surface area (Å²) < 4.78 is 26.2. The number of hydrogen-bond donors (Lipinski definition) is 1. The van der Waals surface area contributed by atoms with Gasteiger partial charge in [-0.15, -0.1) is 0 Å². The molecule has 0 fully saturated rings. The first-order chi connectivity index (χ1) is 15.9. The minimum absolute atomic E-state index is 0.0963. The maximum absolute atomic E-state index is 12.7. The maximum atomic E-state index is 12.7. The van der Waals surface area contributed by atoms with Crippen LogP contribution in [0.4, 0.5) is 5.69 Å². The van der Waals surface area contributed by atoms with Crippen LogP contribution >= 0.6 is 0 Å². The van der Waals surface area contributed by atoms with Gasteiger partial charge in [-0.2, -0.15) is 0 Å². The van der Waals surface area contributed by atoms with Crippen LogP contribution < -0.4 is 19.5 Å². The summed E-state index contributed by atoms with van der Waals surface area (Å²) in [5, 5.41) is 6.66. The lowest BCUT2D eigenvalue weighted by Gasteiger charge is -2.14. The maximum Gasteiger partial charge on any atom is 0.340 e. The number of aromatic nitrogens is 1. The van der Waals surface area contributed by atoms with Crippen molar-refractivity contribution in [1.29, 1.82) is 0 Å². The van der Waals surface area contributed by atoms with Gasteiger partial charge in [-0.3, -0.25) is 4.79 Å². The molecule has 1 heterocycles. The average Bonchev–Trinajstić information content (AvgIpc) is 3.14. The van der Waals surface area contributed by atoms with Crippen LogP contribution in [0.25, 0.3) is 0 Å². The second-order valence-electron chi connectivity index (χ2n) is 7.20. The van der Waals surface area contributed by atoms with Crippen molar-refractivity contribution in [1.82, 2.24) is 5.16 Å². The highest BCUT2D eigenvalue weighted by Crippen LogP contribution is 2.34. The summed E-state index contributed by atoms with van der Waals surface area (Å²) >= 11 is 0. The lowest BCUT2D eigenvalue weighted by atomic mass is 10.1. The number of ether oxygens (including phenoxy) is 4. The van der Waals surface area contributed by atoms with Crippen LogP contribution in [0.5, 0.6) is 17.2 Å². The molecule has 0 aliphatic carbocycles. The third kappa shape index (κ3) is 5.62. The summed E-state index contributed by atoms with van der Waals surface area (Å²) in [7, 11) is 4.19. The minimum atomic E-state index is -0.606. The summed E-state index contributed by atoms with van der Waals surface area (Å²) in [6, 6.07) is 10.2. The van der Waals surface area contributed by atoms with Gasteiger partial charge in [-0.1, -0.05) is 17.3 Å². The molecule has 9 nitrogen and oxygen atoms in total. The first-order valence-corrected chi connectivity index (χ1v) is 10.1. The van der Waals surface area contributed by atoms with E-state index in [9.17, 15) is 9.59 Å². The van der Waals surface area contributed by atoms with Crippen molar-refractivity contribution in [3.05, 3.63) is 64.5 Å². The molecule has 0 spiro atoms. The highest BCUT2D eigenvalue weighted by Gasteiger charge is 2.19. The SMILES string of the molecule is COC(=O)c1cc(OC)c(OC)cc1NC(=O)Cc1ccc(OCc2c(C)noc2C)cc1. The van der Waals surface area contributed by atoms with Crippen LogP contribution in [0.3, 0.4) is 0 Å². The Labute approximate surface area is 191 Å². The molecule has 0 atom stereocenters. The van der Waals surface area contributed by atoms with E-state index in [0.29, 0.717) is 23.9 Å². The fraction of sp³-hybridized carbons (Fsp3) is 0.292. The van der Waals surface area contributed by atoms with Gasteiger partial charge in [0.25, 0.3) is 0 Å². The number of methoxy groups -OCH3 is 3. The first-order valence-electron chi connectivity index (χ1n) is 10.1. The number of hydrogen-bond acceptors (Lipinski definition) is 8. The van der Waals surface area contributed by atoms with E-state index in [1.807, 2.05) is 13.8 Å². The number of esters is 1. The molecule has 33 heavy (non-hydrogen) atoms. The highest BCUT2D eigenvalue weighted by molar-refractivity contribution is 6.02. The Balaban J connectivity index is 1.67. The molecule has 0 aliphatic heterocycles. The van der Waals surface area contributed by atoms with Crippen molar-refractivity contribution in [3.8, 4) is 17.2 Å². The summed E-state index contributed by atoms with van der Waals surface area (Å²) in [5.41, 5.74) is 2.91. The van der Waals surface area contributed by atoms with Gasteiger partial charge < -0.3 is 28.8 Å². The van der Waals surface area contributed by atoms with Crippen LogP contribution in [0, 0.1) is 13.8 Å². The van der Waals surface area contributed by atoms with Crippen LogP contribution in [-0.4, -0.2) is 38.4 Å². The molecule has 9 heteroatoms. The van der Waals surface area contributed by atoms with Crippen molar-refractivity contribution in [3.63, 3.8) is 0 Å². The number of aryl methyl sites for hydroxylation is 2. The first kappa shape index (κ1) is 23.6. The van der Waals surface area contributed by atoms with Crippen molar-refractivity contribution in [2.45, 2.75) is 26.9 Å². The molecule has 3 aromatic rings. The molecule has 0 unspecified atom stereocenters. The fourth-order valence-electron chi connectivity index (χ4n) is 3.21. The normalized spacial score (nSPS) is 10.5. The van der Waals surface area contributed by atoms with E-state index in [0.717, 1.165) is 22.6 Å². The quantitative estimate of drug-likeness (QED) is 0.486. The van der Waals surface area contributed by atoms with E-state index in [4.69, 9.17) is 23.5 Å². The van der Waals surface area contributed by atoms with Crippen LogP contribution in [-0.2, 0) is 22.6 Å². The average molecular weight is 454 g/mol. The standard InChI is InChI=1S/C24H26N2O7/c1-14-19(15(2)33-26-14)13-32-17-8-6-16(7-9-17)10-23(27)25-20-12-22(30-4)21(29-3)11-18(20)24(28)31-5/h6-9,11-12H,10,13H2,1-5H3,(H,25,27). The van der Waals surface area contributed by atoms with Crippen molar-refractivity contribution < 1.29 is 33.1 Å². The van der Waals surface area contributed by atoms with E-state index in [1.54, 1.807) is 24.3 Å². The van der Waals surface area contributed by atoms with E-state index in [1.165, 1.54) is 33.5 Å². The molecule has 0 bridgehead atoms. The van der Waals surface area contributed by atoms with E-state index >= 15 is 0 Å². The number of rotatable bonds is 9. The van der Waals surface area contributed by atoms with Gasteiger partial charge in [0, 0.05) is 12.1 Å². The van der Waals surface area contributed by atoms with Crippen LogP contribution in [0.2, 0.25) is 0 Å². The number of carbonyl (C=O) groups is 2. The number of anilines is 1. The summed E-state index contributed by atoms with van der Waals surface area (Å²) in [4.78, 5) is 24.8. The second-order valence-corrected chi connectivity index (χ2v) is 7.20. The Morgan fingerprint density at radius 2 is 1.67 bits per heavy atom. The summed E-state index contributed by atoms with van der Waals surface area (Å²) in [6.07, 6.45) is 0.0963. The van der Waals surface area contributed by atoms with Crippen molar-refractivity contribution in [2.75, 3.05) is 26.6 Å². The monoisotopic (exact) mass is 454 g/mol. The lowest BCUT2D eigenvalue weighted by Crippen LogP contribution is -2.17. The molecule has 0 saturated heterocycles. The molecule has 174 valence electrons. The largest absolute Gasteiger partial charge is 0.493 e. The zero-order chi connectivity index (χ0) is 24.0. The number of nitrogens with zero attached hydrogens (tertiary/aromatic N) is 1. The molecule has 1 amide bonds. The zero-order valence-electron chi connectivity index (χ0n) is 19.2. The molecule has 0 saturated carbocycles. The fourth-order valence-corrected chi connectivity index (χ4v) is 3.21. The molecule has 0 radical (unpaired) electrons. The Morgan fingerprint density at radius 3 is 2.24 bits per heavy atom. The lowest BCUT2D eigenvalue weighted by molar-refractivity contribution is -0.115.